The number of hydrogen-bond donors (Lipinski definition) is 0. The number of aryl methyl sites for hydroxylation is 4. The highest BCUT2D eigenvalue weighted by Gasteiger charge is 2.13. The third kappa shape index (κ3) is 5.28. The molecule has 0 saturated carbocycles. The minimum Gasteiger partial charge on any atom is -0.493 e. The Bertz CT molecular complexity index is 1260. The number of methoxy groups -OCH3 is 4. The van der Waals surface area contributed by atoms with Crippen molar-refractivity contribution >= 4 is 10.8 Å². The summed E-state index contributed by atoms with van der Waals surface area (Å²) in [5.74, 6) is 3.03. The number of hydrogen-bond acceptors (Lipinski definition) is 4. The maximum atomic E-state index is 5.60. The first-order valence-electron chi connectivity index (χ1n) is 11.6. The van der Waals surface area contributed by atoms with Gasteiger partial charge in [-0.05, 0) is 83.0 Å². The van der Waals surface area contributed by atoms with Crippen LogP contribution in [0.25, 0.3) is 10.8 Å². The number of benzene rings is 4. The van der Waals surface area contributed by atoms with Gasteiger partial charge in [-0.1, -0.05) is 48.5 Å². The highest BCUT2D eigenvalue weighted by atomic mass is 16.5. The predicted molar refractivity (Wildman–Crippen MR) is 138 cm³/mol. The van der Waals surface area contributed by atoms with E-state index in [2.05, 4.69) is 60.7 Å². The molecule has 4 aromatic rings. The molecule has 4 rings (SSSR count). The molecule has 0 bridgehead atoms. The molecule has 0 aliphatic heterocycles. The van der Waals surface area contributed by atoms with Gasteiger partial charge in [-0.15, -0.1) is 0 Å². The fourth-order valence-corrected chi connectivity index (χ4v) is 4.42. The molecule has 0 amide bonds. The summed E-state index contributed by atoms with van der Waals surface area (Å²) >= 11 is 0. The second-order valence-electron chi connectivity index (χ2n) is 8.35. The van der Waals surface area contributed by atoms with Crippen LogP contribution in [0.15, 0.2) is 72.8 Å². The second-order valence-corrected chi connectivity index (χ2v) is 8.35. The van der Waals surface area contributed by atoms with Gasteiger partial charge in [-0.25, -0.2) is 0 Å². The van der Waals surface area contributed by atoms with Gasteiger partial charge in [0.05, 0.1) is 28.4 Å². The van der Waals surface area contributed by atoms with Gasteiger partial charge in [0.1, 0.15) is 0 Å². The highest BCUT2D eigenvalue weighted by Crippen LogP contribution is 2.33. The maximum Gasteiger partial charge on any atom is 0.161 e. The van der Waals surface area contributed by atoms with Crippen LogP contribution >= 0.6 is 0 Å². The van der Waals surface area contributed by atoms with Crippen molar-refractivity contribution < 1.29 is 18.9 Å². The highest BCUT2D eigenvalue weighted by molar-refractivity contribution is 5.83. The van der Waals surface area contributed by atoms with Gasteiger partial charge in [-0.3, -0.25) is 0 Å². The molecule has 176 valence electrons. The van der Waals surface area contributed by atoms with Crippen molar-refractivity contribution in [1.82, 2.24) is 0 Å². The molecular formula is C30H32O4. The SMILES string of the molecule is COc1ccc(CCc2cc(OC)c(OC)cc2CCc2ccc3ccccc3c2)cc1OC. The van der Waals surface area contributed by atoms with Gasteiger partial charge in [0.15, 0.2) is 23.0 Å². The Morgan fingerprint density at radius 3 is 1.53 bits per heavy atom. The van der Waals surface area contributed by atoms with Crippen molar-refractivity contribution in [2.45, 2.75) is 25.7 Å². The largest absolute Gasteiger partial charge is 0.493 e. The Balaban J connectivity index is 1.57. The monoisotopic (exact) mass is 456 g/mol. The molecule has 0 N–H and O–H groups in total. The van der Waals surface area contributed by atoms with Crippen molar-refractivity contribution in [3.63, 3.8) is 0 Å². The molecule has 0 heterocycles. The Morgan fingerprint density at radius 2 is 0.941 bits per heavy atom. The lowest BCUT2D eigenvalue weighted by atomic mass is 9.94. The van der Waals surface area contributed by atoms with Crippen molar-refractivity contribution in [2.24, 2.45) is 0 Å². The van der Waals surface area contributed by atoms with Crippen LogP contribution in [-0.4, -0.2) is 28.4 Å². The molecule has 4 heteroatoms. The van der Waals surface area contributed by atoms with Crippen LogP contribution in [0.2, 0.25) is 0 Å². The van der Waals surface area contributed by atoms with E-state index in [1.165, 1.54) is 33.0 Å². The smallest absolute Gasteiger partial charge is 0.161 e. The lowest BCUT2D eigenvalue weighted by molar-refractivity contribution is 0.354. The summed E-state index contributed by atoms with van der Waals surface area (Å²) in [5, 5.41) is 2.55. The summed E-state index contributed by atoms with van der Waals surface area (Å²) < 4.78 is 22.1. The number of ether oxygens (including phenoxy) is 4. The Morgan fingerprint density at radius 1 is 0.441 bits per heavy atom. The van der Waals surface area contributed by atoms with E-state index in [-0.39, 0.29) is 0 Å². The predicted octanol–water partition coefficient (Wildman–Crippen LogP) is 6.44. The molecule has 4 aromatic carbocycles. The molecule has 0 saturated heterocycles. The summed E-state index contributed by atoms with van der Waals surface area (Å²) in [6, 6.07) is 25.6. The van der Waals surface area contributed by atoms with E-state index in [1.54, 1.807) is 28.4 Å². The average Bonchev–Trinajstić information content (AvgIpc) is 2.90. The van der Waals surface area contributed by atoms with Crippen LogP contribution in [-0.2, 0) is 25.7 Å². The van der Waals surface area contributed by atoms with Gasteiger partial charge in [0, 0.05) is 0 Å². The van der Waals surface area contributed by atoms with E-state index in [1.807, 2.05) is 12.1 Å². The Labute approximate surface area is 202 Å². The van der Waals surface area contributed by atoms with Crippen molar-refractivity contribution in [1.29, 1.82) is 0 Å². The van der Waals surface area contributed by atoms with Crippen molar-refractivity contribution in [2.75, 3.05) is 28.4 Å². The third-order valence-electron chi connectivity index (χ3n) is 6.33. The molecule has 0 spiro atoms. The first kappa shape index (κ1) is 23.5. The summed E-state index contributed by atoms with van der Waals surface area (Å²) in [6.07, 6.45) is 3.67. The average molecular weight is 457 g/mol. The zero-order chi connectivity index (χ0) is 23.9. The van der Waals surface area contributed by atoms with Crippen molar-refractivity contribution in [3.05, 3.63) is 95.1 Å². The zero-order valence-corrected chi connectivity index (χ0v) is 20.4. The van der Waals surface area contributed by atoms with Gasteiger partial charge < -0.3 is 18.9 Å². The van der Waals surface area contributed by atoms with Crippen LogP contribution in [0.5, 0.6) is 23.0 Å². The lowest BCUT2D eigenvalue weighted by Gasteiger charge is -2.16. The molecule has 0 radical (unpaired) electrons. The molecular weight excluding hydrogens is 424 g/mol. The first-order chi connectivity index (χ1) is 16.6. The van der Waals surface area contributed by atoms with E-state index < -0.39 is 0 Å². The Hall–Kier alpha value is -3.66. The quantitative estimate of drug-likeness (QED) is 0.275. The zero-order valence-electron chi connectivity index (χ0n) is 20.4. The summed E-state index contributed by atoms with van der Waals surface area (Å²) in [7, 11) is 6.70. The van der Waals surface area contributed by atoms with E-state index in [4.69, 9.17) is 18.9 Å². The fraction of sp³-hybridized carbons (Fsp3) is 0.267. The Kier molecular flexibility index (Phi) is 7.58. The summed E-state index contributed by atoms with van der Waals surface area (Å²) in [6.45, 7) is 0. The second kappa shape index (κ2) is 11.0. The summed E-state index contributed by atoms with van der Waals surface area (Å²) in [5.41, 5.74) is 5.09. The van der Waals surface area contributed by atoms with Gasteiger partial charge >= 0.3 is 0 Å². The van der Waals surface area contributed by atoms with Crippen LogP contribution in [0, 0.1) is 0 Å². The normalized spacial score (nSPS) is 10.8. The van der Waals surface area contributed by atoms with E-state index in [0.29, 0.717) is 0 Å². The summed E-state index contributed by atoms with van der Waals surface area (Å²) in [4.78, 5) is 0. The van der Waals surface area contributed by atoms with Crippen LogP contribution in [0.4, 0.5) is 0 Å². The van der Waals surface area contributed by atoms with Crippen LogP contribution in [0.3, 0.4) is 0 Å². The molecule has 0 fully saturated rings. The minimum atomic E-state index is 0.744. The topological polar surface area (TPSA) is 36.9 Å². The van der Waals surface area contributed by atoms with Crippen molar-refractivity contribution in [3.8, 4) is 23.0 Å². The fourth-order valence-electron chi connectivity index (χ4n) is 4.42. The molecule has 4 nitrogen and oxygen atoms in total. The molecule has 0 aliphatic carbocycles. The van der Waals surface area contributed by atoms with Gasteiger partial charge in [-0.2, -0.15) is 0 Å². The first-order valence-corrected chi connectivity index (χ1v) is 11.6. The van der Waals surface area contributed by atoms with E-state index in [9.17, 15) is 0 Å². The minimum absolute atomic E-state index is 0.744. The van der Waals surface area contributed by atoms with Gasteiger partial charge in [0.25, 0.3) is 0 Å². The van der Waals surface area contributed by atoms with Crippen LogP contribution < -0.4 is 18.9 Å². The molecule has 0 atom stereocenters. The molecule has 0 aliphatic rings. The van der Waals surface area contributed by atoms with E-state index >= 15 is 0 Å². The molecule has 0 aromatic heterocycles. The van der Waals surface area contributed by atoms with Crippen LogP contribution in [0.1, 0.15) is 22.3 Å². The molecule has 0 unspecified atom stereocenters. The lowest BCUT2D eigenvalue weighted by Crippen LogP contribution is -2.03. The van der Waals surface area contributed by atoms with Gasteiger partial charge in [0.2, 0.25) is 0 Å². The number of rotatable bonds is 10. The third-order valence-corrected chi connectivity index (χ3v) is 6.33. The maximum absolute atomic E-state index is 5.60. The number of fused-ring (bicyclic) bond motifs is 1. The molecule has 34 heavy (non-hydrogen) atoms. The standard InChI is InChI=1S/C30H32O4/c1-31-27-16-12-22(18-28(27)32-2)11-15-26-20-30(34-4)29(33-3)19-25(26)14-10-21-9-13-23-7-5-6-8-24(23)17-21/h5-9,12-13,16-20H,10-11,14-15H2,1-4H3. The van der Waals surface area contributed by atoms with E-state index in [0.717, 1.165) is 48.7 Å².